The second-order valence-electron chi connectivity index (χ2n) is 11.6. The molecule has 0 aromatic rings. The van der Waals surface area contributed by atoms with Gasteiger partial charge in [0.1, 0.15) is 11.2 Å². The molecular formula is C27H40O3. The molecule has 0 unspecified atom stereocenters. The lowest BCUT2D eigenvalue weighted by molar-refractivity contribution is -0.455. The number of aliphatic hydroxyl groups excluding tert-OH is 1. The van der Waals surface area contributed by atoms with Crippen molar-refractivity contribution in [1.29, 1.82) is 0 Å². The number of allylic oxidation sites excluding steroid dienone is 3. The zero-order valence-corrected chi connectivity index (χ0v) is 19.5. The molecule has 0 aromatic carbocycles. The monoisotopic (exact) mass is 412 g/mol. The van der Waals surface area contributed by atoms with Gasteiger partial charge < -0.3 is 5.11 Å². The third kappa shape index (κ3) is 2.55. The van der Waals surface area contributed by atoms with Crippen LogP contribution in [-0.4, -0.2) is 22.4 Å². The van der Waals surface area contributed by atoms with Crippen LogP contribution in [0.5, 0.6) is 0 Å². The van der Waals surface area contributed by atoms with E-state index in [1.807, 2.05) is 0 Å². The van der Waals surface area contributed by atoms with E-state index < -0.39 is 11.2 Å². The summed E-state index contributed by atoms with van der Waals surface area (Å²) in [5, 5.41) is 10.4. The standard InChI is InChI=1S/C27H40O3/c1-6-18(2)7-8-19(3)21-9-10-22-24(21,4)13-12-23-25(5)14-11-20(28)17-26(25)15-16-27(22,23)30-29-26/h7-8,12,15-16,18-22,28H,6,9-11,13-14,17H2,1-5H3/b8-7+/t18-,19+,20+,21-,22-,24-,25-,26-,27-/m1/s1. The summed E-state index contributed by atoms with van der Waals surface area (Å²) in [5.74, 6) is 2.35. The minimum absolute atomic E-state index is 0.0687. The van der Waals surface area contributed by atoms with E-state index >= 15 is 0 Å². The average Bonchev–Trinajstić information content (AvgIpc) is 3.09. The van der Waals surface area contributed by atoms with E-state index in [0.717, 1.165) is 19.3 Å². The molecule has 166 valence electrons. The zero-order valence-electron chi connectivity index (χ0n) is 19.5. The summed E-state index contributed by atoms with van der Waals surface area (Å²) in [4.78, 5) is 12.6. The van der Waals surface area contributed by atoms with Crippen molar-refractivity contribution in [3.05, 3.63) is 36.0 Å². The third-order valence-electron chi connectivity index (χ3n) is 10.1. The Morgan fingerprint density at radius 2 is 1.93 bits per heavy atom. The van der Waals surface area contributed by atoms with Crippen molar-refractivity contribution in [3.63, 3.8) is 0 Å². The predicted octanol–water partition coefficient (Wildman–Crippen LogP) is 6.15. The van der Waals surface area contributed by atoms with Crippen molar-refractivity contribution < 1.29 is 14.9 Å². The average molecular weight is 413 g/mol. The second-order valence-corrected chi connectivity index (χ2v) is 11.6. The molecule has 6 aliphatic rings. The molecule has 30 heavy (non-hydrogen) atoms. The van der Waals surface area contributed by atoms with Gasteiger partial charge in [0.25, 0.3) is 0 Å². The van der Waals surface area contributed by atoms with Gasteiger partial charge in [-0.05, 0) is 73.0 Å². The van der Waals surface area contributed by atoms with Crippen LogP contribution >= 0.6 is 0 Å². The Morgan fingerprint density at radius 1 is 1.13 bits per heavy atom. The highest BCUT2D eigenvalue weighted by Crippen LogP contribution is 2.71. The molecule has 2 saturated carbocycles. The molecule has 0 aromatic heterocycles. The van der Waals surface area contributed by atoms with E-state index in [1.165, 1.54) is 24.8 Å². The quantitative estimate of drug-likeness (QED) is 0.445. The molecule has 2 aliphatic heterocycles. The van der Waals surface area contributed by atoms with Crippen molar-refractivity contribution in [2.24, 2.45) is 34.5 Å². The molecule has 3 fully saturated rings. The van der Waals surface area contributed by atoms with Gasteiger partial charge in [-0.3, -0.25) is 0 Å². The molecule has 0 radical (unpaired) electrons. The molecule has 3 heteroatoms. The lowest BCUT2D eigenvalue weighted by Crippen LogP contribution is -2.69. The summed E-state index contributed by atoms with van der Waals surface area (Å²) in [6.07, 6.45) is 19.0. The summed E-state index contributed by atoms with van der Waals surface area (Å²) < 4.78 is 0. The van der Waals surface area contributed by atoms with Crippen LogP contribution in [0.3, 0.4) is 0 Å². The lowest BCUT2D eigenvalue weighted by atomic mass is 9.47. The highest BCUT2D eigenvalue weighted by Gasteiger charge is 2.71. The van der Waals surface area contributed by atoms with Crippen LogP contribution < -0.4 is 0 Å². The van der Waals surface area contributed by atoms with E-state index in [-0.39, 0.29) is 16.9 Å². The van der Waals surface area contributed by atoms with Crippen LogP contribution in [0.2, 0.25) is 0 Å². The van der Waals surface area contributed by atoms with Gasteiger partial charge in [0.05, 0.1) is 6.10 Å². The zero-order chi connectivity index (χ0) is 21.4. The number of aliphatic hydroxyl groups is 1. The van der Waals surface area contributed by atoms with Crippen molar-refractivity contribution in [2.45, 2.75) is 96.9 Å². The first-order valence-corrected chi connectivity index (χ1v) is 12.4. The van der Waals surface area contributed by atoms with Gasteiger partial charge in [0.2, 0.25) is 0 Å². The molecule has 0 amide bonds. The first kappa shape index (κ1) is 21.0. The highest BCUT2D eigenvalue weighted by atomic mass is 17.2. The largest absolute Gasteiger partial charge is 0.393 e. The van der Waals surface area contributed by atoms with Crippen molar-refractivity contribution in [2.75, 3.05) is 0 Å². The van der Waals surface area contributed by atoms with Gasteiger partial charge in [-0.25, -0.2) is 9.78 Å². The Morgan fingerprint density at radius 3 is 2.63 bits per heavy atom. The normalized spacial score (nSPS) is 51.3. The Kier molecular flexibility index (Phi) is 4.75. The van der Waals surface area contributed by atoms with Crippen LogP contribution in [0, 0.1) is 34.5 Å². The SMILES string of the molecule is CC[C@@H](C)/C=C/[C@H](C)[C@H]1CC[C@@H]2[C@]1(C)CC=C1[C@@]23C=C[C@]2(C[C@@H](O)CC[C@]12C)OO3. The summed E-state index contributed by atoms with van der Waals surface area (Å²) in [7, 11) is 0. The summed E-state index contributed by atoms with van der Waals surface area (Å²) >= 11 is 0. The van der Waals surface area contributed by atoms with Gasteiger partial charge in [0, 0.05) is 17.8 Å². The molecule has 4 aliphatic carbocycles. The summed E-state index contributed by atoms with van der Waals surface area (Å²) in [6, 6.07) is 0. The third-order valence-corrected chi connectivity index (χ3v) is 10.1. The lowest BCUT2D eigenvalue weighted by Gasteiger charge is -2.66. The van der Waals surface area contributed by atoms with Crippen molar-refractivity contribution in [3.8, 4) is 0 Å². The molecule has 2 heterocycles. The Balaban J connectivity index is 1.50. The number of rotatable bonds is 4. The van der Waals surface area contributed by atoms with Gasteiger partial charge >= 0.3 is 0 Å². The van der Waals surface area contributed by atoms with E-state index in [0.29, 0.717) is 30.1 Å². The molecule has 3 nitrogen and oxygen atoms in total. The minimum atomic E-state index is -0.504. The van der Waals surface area contributed by atoms with Gasteiger partial charge in [-0.15, -0.1) is 0 Å². The molecule has 1 saturated heterocycles. The van der Waals surface area contributed by atoms with Crippen molar-refractivity contribution >= 4 is 0 Å². The van der Waals surface area contributed by atoms with Crippen LogP contribution in [0.4, 0.5) is 0 Å². The molecule has 1 N–H and O–H groups in total. The fourth-order valence-corrected chi connectivity index (χ4v) is 7.94. The number of hydrogen-bond donors (Lipinski definition) is 1. The highest BCUT2D eigenvalue weighted by molar-refractivity contribution is 5.48. The summed E-state index contributed by atoms with van der Waals surface area (Å²) in [5.41, 5.74) is 0.678. The Bertz CT molecular complexity index is 798. The number of fused-ring (bicyclic) bond motifs is 2. The molecule has 2 bridgehead atoms. The molecule has 9 atom stereocenters. The Hall–Kier alpha value is -0.900. The molecule has 6 rings (SSSR count). The number of hydrogen-bond acceptors (Lipinski definition) is 3. The van der Waals surface area contributed by atoms with E-state index in [9.17, 15) is 5.11 Å². The fraction of sp³-hybridized carbons (Fsp3) is 0.778. The topological polar surface area (TPSA) is 38.7 Å². The minimum Gasteiger partial charge on any atom is -0.393 e. The van der Waals surface area contributed by atoms with Gasteiger partial charge in [-0.1, -0.05) is 59.3 Å². The van der Waals surface area contributed by atoms with Gasteiger partial charge in [0.15, 0.2) is 0 Å². The maximum absolute atomic E-state index is 10.4. The van der Waals surface area contributed by atoms with Crippen molar-refractivity contribution in [1.82, 2.24) is 0 Å². The predicted molar refractivity (Wildman–Crippen MR) is 120 cm³/mol. The second kappa shape index (κ2) is 6.80. The van der Waals surface area contributed by atoms with Gasteiger partial charge in [-0.2, -0.15) is 0 Å². The van der Waals surface area contributed by atoms with E-state index in [1.54, 1.807) is 0 Å². The van der Waals surface area contributed by atoms with Crippen LogP contribution in [0.25, 0.3) is 0 Å². The first-order valence-electron chi connectivity index (χ1n) is 12.4. The maximum Gasteiger partial charge on any atom is 0.147 e. The molecule has 2 spiro atoms. The van der Waals surface area contributed by atoms with Crippen LogP contribution in [0.1, 0.15) is 79.6 Å². The van der Waals surface area contributed by atoms with E-state index in [4.69, 9.17) is 9.78 Å². The molecular weight excluding hydrogens is 372 g/mol. The maximum atomic E-state index is 10.4. The Labute approximate surface area is 182 Å². The van der Waals surface area contributed by atoms with Crippen LogP contribution in [-0.2, 0) is 9.78 Å². The van der Waals surface area contributed by atoms with E-state index in [2.05, 4.69) is 65.0 Å². The summed E-state index contributed by atoms with van der Waals surface area (Å²) in [6.45, 7) is 11.9. The van der Waals surface area contributed by atoms with Crippen LogP contribution in [0.15, 0.2) is 36.0 Å². The fourth-order valence-electron chi connectivity index (χ4n) is 7.94. The first-order chi connectivity index (χ1) is 14.2. The smallest absolute Gasteiger partial charge is 0.147 e.